The second kappa shape index (κ2) is 11.2. The van der Waals surface area contributed by atoms with Gasteiger partial charge in [-0.3, -0.25) is 4.90 Å². The number of fused-ring (bicyclic) bond motifs is 1. The monoisotopic (exact) mass is 566 g/mol. The van der Waals surface area contributed by atoms with Crippen LogP contribution in [0.5, 0.6) is 0 Å². The molecule has 0 aromatic heterocycles. The van der Waals surface area contributed by atoms with Crippen molar-refractivity contribution < 1.29 is 13.2 Å². The van der Waals surface area contributed by atoms with Crippen LogP contribution in [-0.2, 0) is 23.0 Å². The quantitative estimate of drug-likeness (QED) is 0.379. The summed E-state index contributed by atoms with van der Waals surface area (Å²) in [5.74, 6) is 0. The van der Waals surface area contributed by atoms with Gasteiger partial charge in [-0.05, 0) is 57.0 Å². The number of benzene rings is 3. The molecule has 0 spiro atoms. The molecule has 3 aromatic rings. The van der Waals surface area contributed by atoms with E-state index in [2.05, 4.69) is 48.9 Å². The highest BCUT2D eigenvalue weighted by Crippen LogP contribution is 2.44. The Morgan fingerprint density at radius 1 is 0.846 bits per heavy atom. The summed E-state index contributed by atoms with van der Waals surface area (Å²) in [4.78, 5) is 19.9. The summed E-state index contributed by atoms with van der Waals surface area (Å²) in [7, 11) is -2.06. The lowest BCUT2D eigenvalue weighted by Crippen LogP contribution is -2.52. The van der Waals surface area contributed by atoms with Gasteiger partial charge in [0.1, 0.15) is 4.90 Å². The number of likely N-dealkylation sites (N-methyl/N-ethyl adjacent to an activating group) is 1. The molecule has 0 aliphatic carbocycles. The first-order valence-electron chi connectivity index (χ1n) is 13.4. The van der Waals surface area contributed by atoms with Gasteiger partial charge >= 0.3 is 6.03 Å². The molecular weight excluding hydrogens is 532 g/mol. The van der Waals surface area contributed by atoms with Gasteiger partial charge in [0.05, 0.1) is 17.9 Å². The van der Waals surface area contributed by atoms with Gasteiger partial charge in [-0.15, -0.1) is 0 Å². The maximum absolute atomic E-state index is 14.2. The Bertz CT molecular complexity index is 1450. The van der Waals surface area contributed by atoms with Crippen LogP contribution in [-0.4, -0.2) is 63.4 Å². The Morgan fingerprint density at radius 3 is 2.15 bits per heavy atom. The number of sulfonamides is 1. The van der Waals surface area contributed by atoms with E-state index in [4.69, 9.17) is 11.6 Å². The lowest BCUT2D eigenvalue weighted by molar-refractivity contribution is 0.227. The van der Waals surface area contributed by atoms with Gasteiger partial charge in [-0.25, -0.2) is 17.5 Å². The number of piperazine rings is 1. The van der Waals surface area contributed by atoms with Gasteiger partial charge in [0.15, 0.2) is 0 Å². The van der Waals surface area contributed by atoms with Crippen LogP contribution in [0, 0.1) is 13.8 Å². The number of carbonyl (C=O) groups excluding carboxylic acids is 1. The highest BCUT2D eigenvalue weighted by Gasteiger charge is 2.44. The molecule has 2 aliphatic rings. The maximum Gasteiger partial charge on any atom is 0.338 e. The van der Waals surface area contributed by atoms with Crippen molar-refractivity contribution in [1.82, 2.24) is 9.21 Å². The predicted molar refractivity (Wildman–Crippen MR) is 157 cm³/mol. The first-order chi connectivity index (χ1) is 18.6. The molecule has 2 aliphatic heterocycles. The van der Waals surface area contributed by atoms with E-state index in [1.54, 1.807) is 17.0 Å². The first-order valence-corrected chi connectivity index (χ1v) is 15.2. The highest BCUT2D eigenvalue weighted by atomic mass is 35.5. The molecule has 0 saturated carbocycles. The van der Waals surface area contributed by atoms with Crippen molar-refractivity contribution in [1.29, 1.82) is 0 Å². The average molecular weight is 567 g/mol. The highest BCUT2D eigenvalue weighted by molar-refractivity contribution is 7.90. The SMILES string of the molecule is Cc1cc(C)cc(CCCN2C(=O)N(Cc3ccccc3)c3cc(Cl)cc(N4CCN(C)CC4)c3S2(=O)=O)c1. The molecule has 2 heterocycles. The summed E-state index contributed by atoms with van der Waals surface area (Å²) in [5, 5.41) is 0.409. The zero-order valence-corrected chi connectivity index (χ0v) is 24.3. The number of aryl methyl sites for hydroxylation is 3. The summed E-state index contributed by atoms with van der Waals surface area (Å²) in [6.45, 7) is 7.44. The zero-order chi connectivity index (χ0) is 27.7. The van der Waals surface area contributed by atoms with Crippen LogP contribution in [0.1, 0.15) is 28.7 Å². The molecule has 2 amide bonds. The van der Waals surface area contributed by atoms with Crippen LogP contribution in [0.15, 0.2) is 65.6 Å². The molecule has 0 N–H and O–H groups in total. The summed E-state index contributed by atoms with van der Waals surface area (Å²) in [5.41, 5.74) is 5.30. The molecule has 0 radical (unpaired) electrons. The smallest absolute Gasteiger partial charge is 0.338 e. The van der Waals surface area contributed by atoms with Crippen LogP contribution in [0.4, 0.5) is 16.2 Å². The first kappa shape index (κ1) is 27.5. The largest absolute Gasteiger partial charge is 0.368 e. The molecule has 0 unspecified atom stereocenters. The molecular formula is C30H35ClN4O3S. The Balaban J connectivity index is 1.54. The number of hydrogen-bond acceptors (Lipinski definition) is 5. The number of rotatable bonds is 7. The van der Waals surface area contributed by atoms with E-state index in [-0.39, 0.29) is 18.0 Å². The second-order valence-corrected chi connectivity index (χ2v) is 12.8. The molecule has 0 atom stereocenters. The van der Waals surface area contributed by atoms with E-state index in [0.717, 1.165) is 28.5 Å². The lowest BCUT2D eigenvalue weighted by atomic mass is 10.0. The molecule has 206 valence electrons. The third-order valence-electron chi connectivity index (χ3n) is 7.43. The van der Waals surface area contributed by atoms with E-state index in [0.29, 0.717) is 42.3 Å². The Morgan fingerprint density at radius 2 is 1.49 bits per heavy atom. The minimum absolute atomic E-state index is 0.101. The Kier molecular flexibility index (Phi) is 7.89. The number of amides is 2. The topological polar surface area (TPSA) is 64.2 Å². The van der Waals surface area contributed by atoms with Crippen molar-refractivity contribution >= 4 is 39.0 Å². The molecule has 7 nitrogen and oxygen atoms in total. The van der Waals surface area contributed by atoms with Crippen molar-refractivity contribution in [2.45, 2.75) is 38.1 Å². The summed E-state index contributed by atoms with van der Waals surface area (Å²) in [6, 6.07) is 18.8. The molecule has 3 aromatic carbocycles. The summed E-state index contributed by atoms with van der Waals surface area (Å²) in [6.07, 6.45) is 1.21. The Hall–Kier alpha value is -3.07. The molecule has 39 heavy (non-hydrogen) atoms. The maximum atomic E-state index is 14.2. The van der Waals surface area contributed by atoms with E-state index < -0.39 is 16.1 Å². The minimum atomic E-state index is -4.11. The van der Waals surface area contributed by atoms with Crippen molar-refractivity contribution in [2.75, 3.05) is 49.6 Å². The molecule has 5 rings (SSSR count). The van der Waals surface area contributed by atoms with E-state index in [9.17, 15) is 13.2 Å². The van der Waals surface area contributed by atoms with Crippen molar-refractivity contribution in [2.24, 2.45) is 0 Å². The van der Waals surface area contributed by atoms with Gasteiger partial charge in [0.2, 0.25) is 0 Å². The van der Waals surface area contributed by atoms with Crippen LogP contribution < -0.4 is 9.80 Å². The molecule has 9 heteroatoms. The molecule has 1 fully saturated rings. The zero-order valence-electron chi connectivity index (χ0n) is 22.7. The van der Waals surface area contributed by atoms with Gasteiger partial charge < -0.3 is 9.80 Å². The average Bonchev–Trinajstić information content (AvgIpc) is 2.88. The third-order valence-corrected chi connectivity index (χ3v) is 9.50. The van der Waals surface area contributed by atoms with Crippen LogP contribution in [0.3, 0.4) is 0 Å². The molecule has 1 saturated heterocycles. The van der Waals surface area contributed by atoms with Crippen molar-refractivity contribution in [3.63, 3.8) is 0 Å². The fraction of sp³-hybridized carbons (Fsp3) is 0.367. The number of anilines is 2. The number of nitrogens with zero attached hydrogens (tertiary/aromatic N) is 4. The van der Waals surface area contributed by atoms with Crippen molar-refractivity contribution in [3.8, 4) is 0 Å². The standard InChI is InChI=1S/C30H35ClN4O3S/c1-22-16-23(2)18-25(17-22)10-7-11-35-30(36)34(21-24-8-5-4-6-9-24)28-20-26(31)19-27(29(28)39(35,37)38)33-14-12-32(3)13-15-33/h4-6,8-9,16-20H,7,10-15,21H2,1-3H3. The van der Waals surface area contributed by atoms with Crippen LogP contribution in [0.25, 0.3) is 0 Å². The molecule has 0 bridgehead atoms. The fourth-order valence-corrected chi connectivity index (χ4v) is 7.52. The second-order valence-electron chi connectivity index (χ2n) is 10.6. The number of carbonyl (C=O) groups is 1. The van der Waals surface area contributed by atoms with E-state index >= 15 is 0 Å². The fourth-order valence-electron chi connectivity index (χ4n) is 5.54. The minimum Gasteiger partial charge on any atom is -0.368 e. The number of hydrogen-bond donors (Lipinski definition) is 0. The number of halogens is 1. The number of urea groups is 1. The van der Waals surface area contributed by atoms with Gasteiger partial charge in [0.25, 0.3) is 10.0 Å². The van der Waals surface area contributed by atoms with E-state index in [1.807, 2.05) is 30.3 Å². The van der Waals surface area contributed by atoms with Gasteiger partial charge in [-0.1, -0.05) is 71.3 Å². The van der Waals surface area contributed by atoms with Crippen molar-refractivity contribution in [3.05, 3.63) is 87.9 Å². The van der Waals surface area contributed by atoms with Gasteiger partial charge in [-0.2, -0.15) is 0 Å². The van der Waals surface area contributed by atoms with Crippen LogP contribution in [0.2, 0.25) is 5.02 Å². The third kappa shape index (κ3) is 5.78. The van der Waals surface area contributed by atoms with Crippen LogP contribution >= 0.6 is 11.6 Å². The lowest BCUT2D eigenvalue weighted by Gasteiger charge is -2.40. The van der Waals surface area contributed by atoms with Gasteiger partial charge in [0, 0.05) is 37.7 Å². The normalized spacial score (nSPS) is 17.4. The summed E-state index contributed by atoms with van der Waals surface area (Å²) >= 11 is 6.57. The summed E-state index contributed by atoms with van der Waals surface area (Å²) < 4.78 is 29.5. The Labute approximate surface area is 236 Å². The van der Waals surface area contributed by atoms with E-state index in [1.165, 1.54) is 11.1 Å². The predicted octanol–water partition coefficient (Wildman–Crippen LogP) is 5.47.